The number of imidazole rings is 1. The lowest BCUT2D eigenvalue weighted by atomic mass is 10.2. The second-order valence-corrected chi connectivity index (χ2v) is 6.05. The van der Waals surface area contributed by atoms with Gasteiger partial charge in [-0.2, -0.15) is 9.97 Å². The van der Waals surface area contributed by atoms with Gasteiger partial charge in [0.05, 0.1) is 24.4 Å². The molecule has 0 spiro atoms. The van der Waals surface area contributed by atoms with Gasteiger partial charge < -0.3 is 19.8 Å². The lowest BCUT2D eigenvalue weighted by Gasteiger charge is -2.28. The van der Waals surface area contributed by atoms with Crippen LogP contribution in [-0.2, 0) is 4.74 Å². The van der Waals surface area contributed by atoms with Crippen LogP contribution in [0.2, 0.25) is 0 Å². The minimum absolute atomic E-state index is 0.104. The Balaban J connectivity index is 1.69. The van der Waals surface area contributed by atoms with Crippen LogP contribution in [0.5, 0.6) is 0 Å². The normalized spacial score (nSPS) is 14.7. The molecule has 0 amide bonds. The number of nitrogen functional groups attached to an aromatic ring is 1. The number of fused-ring (bicyclic) bond motifs is 1. The first-order chi connectivity index (χ1) is 13.3. The first-order valence-corrected chi connectivity index (χ1v) is 8.49. The maximum atomic E-state index is 5.59. The third-order valence-electron chi connectivity index (χ3n) is 4.34. The summed E-state index contributed by atoms with van der Waals surface area (Å²) in [6.07, 6.45) is 6.66. The van der Waals surface area contributed by atoms with Crippen LogP contribution in [0, 0.1) is 0 Å². The molecule has 0 saturated carbocycles. The van der Waals surface area contributed by atoms with Gasteiger partial charge in [-0.05, 0) is 12.1 Å². The van der Waals surface area contributed by atoms with Crippen LogP contribution >= 0.6 is 0 Å². The molecule has 1 fully saturated rings. The Bertz CT molecular complexity index is 1090. The molecule has 0 radical (unpaired) electrons. The van der Waals surface area contributed by atoms with Crippen molar-refractivity contribution in [2.24, 2.45) is 0 Å². The summed E-state index contributed by atoms with van der Waals surface area (Å²) in [5.41, 5.74) is 8.23. The molecule has 10 heteroatoms. The Morgan fingerprint density at radius 3 is 2.63 bits per heavy atom. The van der Waals surface area contributed by atoms with E-state index in [1.54, 1.807) is 17.1 Å². The zero-order chi connectivity index (χ0) is 18.2. The smallest absolute Gasteiger partial charge is 0.292 e. The van der Waals surface area contributed by atoms with Crippen molar-refractivity contribution in [1.82, 2.24) is 29.5 Å². The van der Waals surface area contributed by atoms with Crippen molar-refractivity contribution in [3.63, 3.8) is 0 Å². The van der Waals surface area contributed by atoms with Crippen LogP contribution in [0.1, 0.15) is 0 Å². The van der Waals surface area contributed by atoms with Crippen molar-refractivity contribution >= 4 is 22.9 Å². The summed E-state index contributed by atoms with van der Waals surface area (Å²) in [7, 11) is 0. The number of pyridine rings is 1. The molecular formula is C17H16N8O2. The molecule has 4 aromatic heterocycles. The summed E-state index contributed by atoms with van der Waals surface area (Å²) < 4.78 is 12.4. The third-order valence-corrected chi connectivity index (χ3v) is 4.34. The van der Waals surface area contributed by atoms with Gasteiger partial charge in [0.25, 0.3) is 6.01 Å². The number of aromatic nitrogens is 6. The number of anilines is 2. The summed E-state index contributed by atoms with van der Waals surface area (Å²) >= 11 is 0. The number of hydrogen-bond donors (Lipinski definition) is 1. The molecule has 0 unspecified atom stereocenters. The van der Waals surface area contributed by atoms with Crippen LogP contribution in [0.3, 0.4) is 0 Å². The molecule has 27 heavy (non-hydrogen) atoms. The molecule has 10 nitrogen and oxygen atoms in total. The summed E-state index contributed by atoms with van der Waals surface area (Å²) in [6.45, 7) is 2.76. The van der Waals surface area contributed by atoms with Gasteiger partial charge in [-0.3, -0.25) is 4.57 Å². The zero-order valence-electron chi connectivity index (χ0n) is 14.3. The fourth-order valence-electron chi connectivity index (χ4n) is 3.02. The Hall–Kier alpha value is -3.53. The molecule has 0 bridgehead atoms. The summed E-state index contributed by atoms with van der Waals surface area (Å²) in [6, 6.07) is 3.84. The van der Waals surface area contributed by atoms with E-state index >= 15 is 0 Å². The molecule has 1 aliphatic heterocycles. The molecule has 2 N–H and O–H groups in total. The van der Waals surface area contributed by atoms with E-state index in [1.165, 1.54) is 6.26 Å². The summed E-state index contributed by atoms with van der Waals surface area (Å²) in [4.78, 5) is 24.5. The van der Waals surface area contributed by atoms with Gasteiger partial charge in [-0.25, -0.2) is 15.0 Å². The first kappa shape index (κ1) is 15.7. The Morgan fingerprint density at radius 2 is 1.89 bits per heavy atom. The van der Waals surface area contributed by atoms with E-state index in [2.05, 4.69) is 19.9 Å². The molecule has 1 aliphatic rings. The second kappa shape index (κ2) is 6.32. The van der Waals surface area contributed by atoms with E-state index in [4.69, 9.17) is 24.9 Å². The SMILES string of the molecule is Nc1nc(-c2ccc3nc(-n4ccnc4)nc(N4CCOCC4)c3n2)co1. The standard InChI is InChI=1S/C17H16N8O2/c18-16-21-13(9-27-16)11-1-2-12-14(20-11)15(24-5-7-26-8-6-24)23-17(22-12)25-4-3-19-10-25/h1-4,9-10H,5-8H2,(H2,18,21). The van der Waals surface area contributed by atoms with Crippen LogP contribution < -0.4 is 10.6 Å². The van der Waals surface area contributed by atoms with Crippen molar-refractivity contribution < 1.29 is 9.15 Å². The molecule has 4 aromatic rings. The molecule has 5 heterocycles. The highest BCUT2D eigenvalue weighted by molar-refractivity contribution is 5.88. The third kappa shape index (κ3) is 2.85. The fourth-order valence-corrected chi connectivity index (χ4v) is 3.02. The summed E-state index contributed by atoms with van der Waals surface area (Å²) in [5.74, 6) is 1.30. The van der Waals surface area contributed by atoms with Crippen molar-refractivity contribution in [3.05, 3.63) is 37.1 Å². The minimum atomic E-state index is 0.104. The van der Waals surface area contributed by atoms with Crippen LogP contribution in [0.25, 0.3) is 28.4 Å². The number of rotatable bonds is 3. The Labute approximate surface area is 153 Å². The van der Waals surface area contributed by atoms with Gasteiger partial charge in [0.2, 0.25) is 5.95 Å². The number of hydrogen-bond acceptors (Lipinski definition) is 9. The monoisotopic (exact) mass is 364 g/mol. The molecule has 5 rings (SSSR count). The van der Waals surface area contributed by atoms with Crippen molar-refractivity contribution in [2.75, 3.05) is 36.9 Å². The first-order valence-electron chi connectivity index (χ1n) is 8.49. The second-order valence-electron chi connectivity index (χ2n) is 6.05. The maximum Gasteiger partial charge on any atom is 0.292 e. The maximum absolute atomic E-state index is 5.59. The minimum Gasteiger partial charge on any atom is -0.432 e. The zero-order valence-corrected chi connectivity index (χ0v) is 14.3. The fraction of sp³-hybridized carbons (Fsp3) is 0.235. The largest absolute Gasteiger partial charge is 0.432 e. The lowest BCUT2D eigenvalue weighted by molar-refractivity contribution is 0.122. The topological polar surface area (TPSA) is 121 Å². The highest BCUT2D eigenvalue weighted by atomic mass is 16.5. The average Bonchev–Trinajstić information content (AvgIpc) is 3.39. The van der Waals surface area contributed by atoms with Gasteiger partial charge >= 0.3 is 0 Å². The highest BCUT2D eigenvalue weighted by Crippen LogP contribution is 2.27. The molecule has 0 aliphatic carbocycles. The predicted octanol–water partition coefficient (Wildman–Crippen LogP) is 1.28. The number of morpholine rings is 1. The molecular weight excluding hydrogens is 348 g/mol. The number of oxazole rings is 1. The van der Waals surface area contributed by atoms with E-state index in [0.717, 1.165) is 24.4 Å². The number of nitrogens with two attached hydrogens (primary N) is 1. The van der Waals surface area contributed by atoms with Crippen molar-refractivity contribution in [2.45, 2.75) is 0 Å². The molecule has 136 valence electrons. The van der Waals surface area contributed by atoms with Crippen LogP contribution in [0.4, 0.5) is 11.8 Å². The van der Waals surface area contributed by atoms with E-state index < -0.39 is 0 Å². The van der Waals surface area contributed by atoms with E-state index in [-0.39, 0.29) is 6.01 Å². The molecule has 0 atom stereocenters. The predicted molar refractivity (Wildman–Crippen MR) is 97.4 cm³/mol. The number of nitrogens with zero attached hydrogens (tertiary/aromatic N) is 7. The van der Waals surface area contributed by atoms with Crippen molar-refractivity contribution in [1.29, 1.82) is 0 Å². The van der Waals surface area contributed by atoms with Gasteiger partial charge in [0.15, 0.2) is 5.82 Å². The summed E-state index contributed by atoms with van der Waals surface area (Å²) in [5, 5.41) is 0. The molecule has 1 saturated heterocycles. The molecule has 0 aromatic carbocycles. The number of ether oxygens (including phenoxy) is 1. The quantitative estimate of drug-likeness (QED) is 0.573. The van der Waals surface area contributed by atoms with Gasteiger partial charge in [0.1, 0.15) is 23.8 Å². The lowest BCUT2D eigenvalue weighted by Crippen LogP contribution is -2.37. The van der Waals surface area contributed by atoms with E-state index in [0.29, 0.717) is 36.1 Å². The van der Waals surface area contributed by atoms with E-state index in [1.807, 2.05) is 18.3 Å². The highest BCUT2D eigenvalue weighted by Gasteiger charge is 2.20. The average molecular weight is 364 g/mol. The van der Waals surface area contributed by atoms with Crippen LogP contribution in [0.15, 0.2) is 41.5 Å². The van der Waals surface area contributed by atoms with Gasteiger partial charge in [0, 0.05) is 25.5 Å². The van der Waals surface area contributed by atoms with Crippen molar-refractivity contribution in [3.8, 4) is 17.3 Å². The van der Waals surface area contributed by atoms with Crippen LogP contribution in [-0.4, -0.2) is 55.8 Å². The Morgan fingerprint density at radius 1 is 1.00 bits per heavy atom. The van der Waals surface area contributed by atoms with E-state index in [9.17, 15) is 0 Å². The van der Waals surface area contributed by atoms with Gasteiger partial charge in [-0.1, -0.05) is 0 Å². The van der Waals surface area contributed by atoms with Gasteiger partial charge in [-0.15, -0.1) is 0 Å². The Kier molecular flexibility index (Phi) is 3.68.